The van der Waals surface area contributed by atoms with E-state index in [9.17, 15) is 4.79 Å². The Kier molecular flexibility index (Phi) is 10.2. The highest BCUT2D eigenvalue weighted by Crippen LogP contribution is 2.14. The van der Waals surface area contributed by atoms with E-state index in [1.54, 1.807) is 7.11 Å². The molecule has 4 heteroatoms. The van der Waals surface area contributed by atoms with Crippen molar-refractivity contribution in [1.29, 1.82) is 0 Å². The molecule has 1 amide bonds. The van der Waals surface area contributed by atoms with Crippen molar-refractivity contribution in [3.8, 4) is 0 Å². The molecule has 0 aromatic heterocycles. The molecule has 0 aromatic carbocycles. The van der Waals surface area contributed by atoms with E-state index in [2.05, 4.69) is 19.2 Å². The Labute approximate surface area is 105 Å². The SMILES string of the molecule is CCC(CCN)CCC(=O)NCC(C)COC. The molecule has 0 saturated carbocycles. The van der Waals surface area contributed by atoms with E-state index in [-0.39, 0.29) is 5.91 Å². The number of ether oxygens (including phenoxy) is 1. The second-order valence-electron chi connectivity index (χ2n) is 4.75. The zero-order valence-corrected chi connectivity index (χ0v) is 11.5. The first-order chi connectivity index (χ1) is 8.13. The van der Waals surface area contributed by atoms with Crippen LogP contribution in [0.15, 0.2) is 0 Å². The molecule has 2 atom stereocenters. The molecule has 0 saturated heterocycles. The summed E-state index contributed by atoms with van der Waals surface area (Å²) >= 11 is 0. The average Bonchev–Trinajstić information content (AvgIpc) is 2.32. The number of nitrogens with one attached hydrogen (secondary N) is 1. The van der Waals surface area contributed by atoms with Crippen LogP contribution in [0.2, 0.25) is 0 Å². The fourth-order valence-electron chi connectivity index (χ4n) is 1.84. The Morgan fingerprint density at radius 1 is 1.41 bits per heavy atom. The predicted molar refractivity (Wildman–Crippen MR) is 70.7 cm³/mol. The number of amides is 1. The fourth-order valence-corrected chi connectivity index (χ4v) is 1.84. The Bertz CT molecular complexity index is 198. The van der Waals surface area contributed by atoms with Gasteiger partial charge in [0.15, 0.2) is 0 Å². The van der Waals surface area contributed by atoms with Gasteiger partial charge >= 0.3 is 0 Å². The Morgan fingerprint density at radius 2 is 2.12 bits per heavy atom. The molecule has 17 heavy (non-hydrogen) atoms. The number of carbonyl (C=O) groups is 1. The van der Waals surface area contributed by atoms with Crippen molar-refractivity contribution in [2.75, 3.05) is 26.8 Å². The summed E-state index contributed by atoms with van der Waals surface area (Å²) in [5.41, 5.74) is 5.53. The summed E-state index contributed by atoms with van der Waals surface area (Å²) in [4.78, 5) is 11.6. The molecule has 102 valence electrons. The smallest absolute Gasteiger partial charge is 0.220 e. The van der Waals surface area contributed by atoms with E-state index in [0.717, 1.165) is 19.3 Å². The van der Waals surface area contributed by atoms with Gasteiger partial charge < -0.3 is 15.8 Å². The van der Waals surface area contributed by atoms with Crippen molar-refractivity contribution in [2.45, 2.75) is 39.5 Å². The summed E-state index contributed by atoms with van der Waals surface area (Å²) in [5, 5.41) is 2.94. The quantitative estimate of drug-likeness (QED) is 0.612. The van der Waals surface area contributed by atoms with E-state index in [4.69, 9.17) is 10.5 Å². The largest absolute Gasteiger partial charge is 0.384 e. The van der Waals surface area contributed by atoms with Gasteiger partial charge in [0.2, 0.25) is 5.91 Å². The molecule has 0 aliphatic carbocycles. The van der Waals surface area contributed by atoms with E-state index in [0.29, 0.717) is 38.0 Å². The van der Waals surface area contributed by atoms with Crippen molar-refractivity contribution >= 4 is 5.91 Å². The number of carbonyl (C=O) groups excluding carboxylic acids is 1. The van der Waals surface area contributed by atoms with Gasteiger partial charge in [-0.15, -0.1) is 0 Å². The number of nitrogens with two attached hydrogens (primary N) is 1. The summed E-state index contributed by atoms with van der Waals surface area (Å²) < 4.78 is 5.02. The number of hydrogen-bond donors (Lipinski definition) is 2. The molecular weight excluding hydrogens is 216 g/mol. The zero-order valence-electron chi connectivity index (χ0n) is 11.5. The molecule has 0 fully saturated rings. The highest BCUT2D eigenvalue weighted by molar-refractivity contribution is 5.75. The molecule has 4 nitrogen and oxygen atoms in total. The number of hydrogen-bond acceptors (Lipinski definition) is 3. The van der Waals surface area contributed by atoms with Gasteiger partial charge in [0.1, 0.15) is 0 Å². The van der Waals surface area contributed by atoms with E-state index < -0.39 is 0 Å². The minimum Gasteiger partial charge on any atom is -0.384 e. The Balaban J connectivity index is 3.64. The molecule has 0 aliphatic rings. The maximum absolute atomic E-state index is 11.6. The molecule has 2 unspecified atom stereocenters. The lowest BCUT2D eigenvalue weighted by molar-refractivity contribution is -0.121. The standard InChI is InChI=1S/C13H28N2O2/c1-4-12(7-8-14)5-6-13(16)15-9-11(2)10-17-3/h11-12H,4-10,14H2,1-3H3,(H,15,16). The second kappa shape index (κ2) is 10.5. The van der Waals surface area contributed by atoms with E-state index in [1.165, 1.54) is 0 Å². The first-order valence-electron chi connectivity index (χ1n) is 6.59. The second-order valence-corrected chi connectivity index (χ2v) is 4.75. The predicted octanol–water partition coefficient (Wildman–Crippen LogP) is 1.54. The summed E-state index contributed by atoms with van der Waals surface area (Å²) in [5.74, 6) is 1.10. The number of rotatable bonds is 10. The highest BCUT2D eigenvalue weighted by atomic mass is 16.5. The van der Waals surface area contributed by atoms with Crippen LogP contribution in [-0.4, -0.2) is 32.7 Å². The lowest BCUT2D eigenvalue weighted by Gasteiger charge is -2.14. The summed E-state index contributed by atoms with van der Waals surface area (Å²) in [6, 6.07) is 0. The normalized spacial score (nSPS) is 14.4. The lowest BCUT2D eigenvalue weighted by atomic mass is 9.96. The molecule has 0 aliphatic heterocycles. The Hall–Kier alpha value is -0.610. The molecule has 0 radical (unpaired) electrons. The summed E-state index contributed by atoms with van der Waals surface area (Å²) in [6.45, 7) is 6.31. The van der Waals surface area contributed by atoms with Gasteiger partial charge in [0.05, 0.1) is 6.61 Å². The highest BCUT2D eigenvalue weighted by Gasteiger charge is 2.09. The van der Waals surface area contributed by atoms with Gasteiger partial charge in [-0.05, 0) is 31.2 Å². The van der Waals surface area contributed by atoms with Crippen molar-refractivity contribution in [2.24, 2.45) is 17.6 Å². The van der Waals surface area contributed by atoms with E-state index >= 15 is 0 Å². The maximum atomic E-state index is 11.6. The van der Waals surface area contributed by atoms with Crippen LogP contribution in [0.25, 0.3) is 0 Å². The maximum Gasteiger partial charge on any atom is 0.220 e. The van der Waals surface area contributed by atoms with Crippen LogP contribution in [0.4, 0.5) is 0 Å². The third-order valence-corrected chi connectivity index (χ3v) is 3.03. The van der Waals surface area contributed by atoms with Crippen molar-refractivity contribution in [1.82, 2.24) is 5.32 Å². The topological polar surface area (TPSA) is 64.4 Å². The lowest BCUT2D eigenvalue weighted by Crippen LogP contribution is -2.30. The molecule has 0 rings (SSSR count). The summed E-state index contributed by atoms with van der Waals surface area (Å²) in [6.07, 6.45) is 3.67. The molecular formula is C13H28N2O2. The van der Waals surface area contributed by atoms with Crippen LogP contribution in [0.1, 0.15) is 39.5 Å². The Morgan fingerprint density at radius 3 is 2.65 bits per heavy atom. The van der Waals surface area contributed by atoms with Gasteiger partial charge in [0.25, 0.3) is 0 Å². The molecule has 0 heterocycles. The van der Waals surface area contributed by atoms with Crippen molar-refractivity contribution < 1.29 is 9.53 Å². The minimum atomic E-state index is 0.142. The number of methoxy groups -OCH3 is 1. The monoisotopic (exact) mass is 244 g/mol. The van der Waals surface area contributed by atoms with Crippen LogP contribution in [0.5, 0.6) is 0 Å². The first kappa shape index (κ1) is 16.4. The first-order valence-corrected chi connectivity index (χ1v) is 6.59. The molecule has 0 bridgehead atoms. The third kappa shape index (κ3) is 9.12. The van der Waals surface area contributed by atoms with Crippen LogP contribution in [0, 0.1) is 11.8 Å². The van der Waals surface area contributed by atoms with Crippen LogP contribution in [0.3, 0.4) is 0 Å². The minimum absolute atomic E-state index is 0.142. The molecule has 0 spiro atoms. The fraction of sp³-hybridized carbons (Fsp3) is 0.923. The van der Waals surface area contributed by atoms with Gasteiger partial charge in [-0.2, -0.15) is 0 Å². The summed E-state index contributed by atoms with van der Waals surface area (Å²) in [7, 11) is 1.68. The molecule has 3 N–H and O–H groups in total. The van der Waals surface area contributed by atoms with Gasteiger partial charge in [-0.1, -0.05) is 20.3 Å². The van der Waals surface area contributed by atoms with Crippen LogP contribution < -0.4 is 11.1 Å². The zero-order chi connectivity index (χ0) is 13.1. The van der Waals surface area contributed by atoms with Gasteiger partial charge in [0, 0.05) is 20.1 Å². The molecule has 0 aromatic rings. The van der Waals surface area contributed by atoms with Crippen LogP contribution in [-0.2, 0) is 9.53 Å². The van der Waals surface area contributed by atoms with Crippen molar-refractivity contribution in [3.05, 3.63) is 0 Å². The van der Waals surface area contributed by atoms with Gasteiger partial charge in [-0.3, -0.25) is 4.79 Å². The van der Waals surface area contributed by atoms with Crippen LogP contribution >= 0.6 is 0 Å². The van der Waals surface area contributed by atoms with Gasteiger partial charge in [-0.25, -0.2) is 0 Å². The van der Waals surface area contributed by atoms with E-state index in [1.807, 2.05) is 0 Å². The average molecular weight is 244 g/mol. The van der Waals surface area contributed by atoms with Crippen molar-refractivity contribution in [3.63, 3.8) is 0 Å². The third-order valence-electron chi connectivity index (χ3n) is 3.03.